The van der Waals surface area contributed by atoms with E-state index < -0.39 is 5.97 Å². The zero-order chi connectivity index (χ0) is 15.8. The zero-order valence-corrected chi connectivity index (χ0v) is 12.5. The molecule has 0 aromatic heterocycles. The number of amides is 2. The molecule has 1 atom stereocenters. The highest BCUT2D eigenvalue weighted by atomic mass is 16.5. The minimum atomic E-state index is -0.922. The van der Waals surface area contributed by atoms with Gasteiger partial charge in [0.05, 0.1) is 12.5 Å². The molecular formula is C16H22N2O4. The Morgan fingerprint density at radius 3 is 2.73 bits per heavy atom. The van der Waals surface area contributed by atoms with Crippen molar-refractivity contribution >= 4 is 12.0 Å². The minimum absolute atomic E-state index is 0.0638. The van der Waals surface area contributed by atoms with Crippen LogP contribution >= 0.6 is 0 Å². The van der Waals surface area contributed by atoms with Crippen molar-refractivity contribution in [2.45, 2.75) is 31.9 Å². The van der Waals surface area contributed by atoms with Crippen molar-refractivity contribution in [1.82, 2.24) is 10.2 Å². The first kappa shape index (κ1) is 16.3. The normalized spacial score (nSPS) is 17.2. The summed E-state index contributed by atoms with van der Waals surface area (Å²) in [6, 6.07) is 9.48. The highest BCUT2D eigenvalue weighted by molar-refractivity contribution is 5.75. The summed E-state index contributed by atoms with van der Waals surface area (Å²) >= 11 is 0. The Morgan fingerprint density at radius 1 is 1.32 bits per heavy atom. The lowest BCUT2D eigenvalue weighted by atomic mass is 10.2. The standard InChI is InChI=1S/C16H22N2O4/c19-15(20)8-9-17-16(21)18(12-14-7-4-10-22-14)11-13-5-2-1-3-6-13/h1-3,5-6,14H,4,7-12H2,(H,17,21)(H,19,20). The van der Waals surface area contributed by atoms with Crippen LogP contribution in [0.5, 0.6) is 0 Å². The van der Waals surface area contributed by atoms with Crippen LogP contribution in [0.2, 0.25) is 0 Å². The van der Waals surface area contributed by atoms with Crippen molar-refractivity contribution in [2.75, 3.05) is 19.7 Å². The number of hydrogen-bond acceptors (Lipinski definition) is 3. The van der Waals surface area contributed by atoms with Crippen molar-refractivity contribution in [3.8, 4) is 0 Å². The third-order valence-corrected chi connectivity index (χ3v) is 3.57. The van der Waals surface area contributed by atoms with Crippen LogP contribution in [0.3, 0.4) is 0 Å². The summed E-state index contributed by atoms with van der Waals surface area (Å²) in [7, 11) is 0. The summed E-state index contributed by atoms with van der Waals surface area (Å²) in [5, 5.41) is 11.3. The van der Waals surface area contributed by atoms with Gasteiger partial charge in [-0.05, 0) is 18.4 Å². The molecule has 1 unspecified atom stereocenters. The number of urea groups is 1. The molecule has 0 aliphatic carbocycles. The molecule has 6 heteroatoms. The number of carboxylic acids is 1. The molecule has 1 fully saturated rings. The van der Waals surface area contributed by atoms with Gasteiger partial charge in [-0.25, -0.2) is 4.79 Å². The average molecular weight is 306 g/mol. The predicted molar refractivity (Wildman–Crippen MR) is 81.5 cm³/mol. The van der Waals surface area contributed by atoms with E-state index in [0.29, 0.717) is 13.1 Å². The first-order valence-electron chi connectivity index (χ1n) is 7.55. The maximum absolute atomic E-state index is 12.3. The Hall–Kier alpha value is -2.08. The van der Waals surface area contributed by atoms with Crippen LogP contribution in [-0.2, 0) is 16.1 Å². The van der Waals surface area contributed by atoms with Gasteiger partial charge in [0.15, 0.2) is 0 Å². The summed E-state index contributed by atoms with van der Waals surface area (Å²) in [6.07, 6.45) is 1.96. The van der Waals surface area contributed by atoms with Crippen molar-refractivity contribution in [3.05, 3.63) is 35.9 Å². The number of hydrogen-bond donors (Lipinski definition) is 2. The highest BCUT2D eigenvalue weighted by Crippen LogP contribution is 2.15. The first-order chi connectivity index (χ1) is 10.6. The van der Waals surface area contributed by atoms with E-state index in [1.54, 1.807) is 4.90 Å². The molecule has 1 saturated heterocycles. The SMILES string of the molecule is O=C(O)CCNC(=O)N(Cc1ccccc1)CC1CCCO1. The van der Waals surface area contributed by atoms with E-state index in [9.17, 15) is 9.59 Å². The van der Waals surface area contributed by atoms with Gasteiger partial charge in [-0.15, -0.1) is 0 Å². The van der Waals surface area contributed by atoms with Crippen LogP contribution in [0.1, 0.15) is 24.8 Å². The van der Waals surface area contributed by atoms with Gasteiger partial charge in [0, 0.05) is 26.2 Å². The maximum Gasteiger partial charge on any atom is 0.317 e. The van der Waals surface area contributed by atoms with Crippen LogP contribution in [0.4, 0.5) is 4.79 Å². The quantitative estimate of drug-likeness (QED) is 0.806. The van der Waals surface area contributed by atoms with Gasteiger partial charge in [0.1, 0.15) is 0 Å². The van der Waals surface area contributed by atoms with Gasteiger partial charge >= 0.3 is 12.0 Å². The van der Waals surface area contributed by atoms with E-state index in [1.165, 1.54) is 0 Å². The Bertz CT molecular complexity index is 486. The van der Waals surface area contributed by atoms with Gasteiger partial charge in [-0.3, -0.25) is 4.79 Å². The van der Waals surface area contributed by atoms with Gasteiger partial charge in [0.25, 0.3) is 0 Å². The molecule has 1 aromatic carbocycles. The summed E-state index contributed by atoms with van der Waals surface area (Å²) in [5.41, 5.74) is 1.04. The lowest BCUT2D eigenvalue weighted by molar-refractivity contribution is -0.136. The van der Waals surface area contributed by atoms with Crippen molar-refractivity contribution in [1.29, 1.82) is 0 Å². The van der Waals surface area contributed by atoms with Gasteiger partial charge in [0.2, 0.25) is 0 Å². The Balaban J connectivity index is 1.93. The van der Waals surface area contributed by atoms with Crippen LogP contribution in [-0.4, -0.2) is 47.8 Å². The number of carboxylic acid groups (broad SMARTS) is 1. The molecule has 2 rings (SSSR count). The summed E-state index contributed by atoms with van der Waals surface area (Å²) in [6.45, 7) is 1.88. The number of nitrogens with zero attached hydrogens (tertiary/aromatic N) is 1. The number of ether oxygens (including phenoxy) is 1. The molecule has 2 N–H and O–H groups in total. The third kappa shape index (κ3) is 5.37. The topological polar surface area (TPSA) is 78.9 Å². The predicted octanol–water partition coefficient (Wildman–Crippen LogP) is 1.85. The van der Waals surface area contributed by atoms with Gasteiger partial charge < -0.3 is 20.1 Å². The Labute approximate surface area is 130 Å². The minimum Gasteiger partial charge on any atom is -0.481 e. The molecule has 6 nitrogen and oxygen atoms in total. The number of benzene rings is 1. The molecular weight excluding hydrogens is 284 g/mol. The Kier molecular flexibility index (Phi) is 6.21. The fraction of sp³-hybridized carbons (Fsp3) is 0.500. The maximum atomic E-state index is 12.3. The fourth-order valence-electron chi connectivity index (χ4n) is 2.45. The van der Waals surface area contributed by atoms with E-state index in [2.05, 4.69) is 5.32 Å². The molecule has 0 bridgehead atoms. The molecule has 0 spiro atoms. The molecule has 120 valence electrons. The summed E-state index contributed by atoms with van der Waals surface area (Å²) < 4.78 is 5.60. The van der Waals surface area contributed by atoms with Gasteiger partial charge in [-0.2, -0.15) is 0 Å². The van der Waals surface area contributed by atoms with E-state index >= 15 is 0 Å². The highest BCUT2D eigenvalue weighted by Gasteiger charge is 2.22. The monoisotopic (exact) mass is 306 g/mol. The number of nitrogens with one attached hydrogen (secondary N) is 1. The van der Waals surface area contributed by atoms with Crippen LogP contribution in [0.15, 0.2) is 30.3 Å². The fourth-order valence-corrected chi connectivity index (χ4v) is 2.45. The third-order valence-electron chi connectivity index (χ3n) is 3.57. The summed E-state index contributed by atoms with van der Waals surface area (Å²) in [5.74, 6) is -0.922. The van der Waals surface area contributed by atoms with Crippen LogP contribution in [0.25, 0.3) is 0 Å². The van der Waals surface area contributed by atoms with Gasteiger partial charge in [-0.1, -0.05) is 30.3 Å². The summed E-state index contributed by atoms with van der Waals surface area (Å²) in [4.78, 5) is 24.5. The number of carbonyl (C=O) groups excluding carboxylic acids is 1. The van der Waals surface area contributed by atoms with Crippen LogP contribution < -0.4 is 5.32 Å². The average Bonchev–Trinajstić information content (AvgIpc) is 3.00. The van der Waals surface area contributed by atoms with E-state index in [4.69, 9.17) is 9.84 Å². The molecule has 0 saturated carbocycles. The van der Waals surface area contributed by atoms with Crippen molar-refractivity contribution in [3.63, 3.8) is 0 Å². The molecule has 2 amide bonds. The number of rotatable bonds is 7. The van der Waals surface area contributed by atoms with Crippen molar-refractivity contribution in [2.24, 2.45) is 0 Å². The molecule has 0 radical (unpaired) electrons. The number of carbonyl (C=O) groups is 2. The largest absolute Gasteiger partial charge is 0.481 e. The lowest BCUT2D eigenvalue weighted by Crippen LogP contribution is -2.43. The lowest BCUT2D eigenvalue weighted by Gasteiger charge is -2.25. The Morgan fingerprint density at radius 2 is 2.09 bits per heavy atom. The second kappa shape index (κ2) is 8.38. The molecule has 1 aliphatic rings. The smallest absolute Gasteiger partial charge is 0.317 e. The molecule has 1 aromatic rings. The van der Waals surface area contributed by atoms with Crippen LogP contribution in [0, 0.1) is 0 Å². The zero-order valence-electron chi connectivity index (χ0n) is 12.5. The van der Waals surface area contributed by atoms with Crippen molar-refractivity contribution < 1.29 is 19.4 Å². The van der Waals surface area contributed by atoms with E-state index in [0.717, 1.165) is 25.0 Å². The van der Waals surface area contributed by atoms with E-state index in [-0.39, 0.29) is 25.1 Å². The number of aliphatic carboxylic acids is 1. The molecule has 1 aliphatic heterocycles. The second-order valence-corrected chi connectivity index (χ2v) is 5.38. The second-order valence-electron chi connectivity index (χ2n) is 5.38. The first-order valence-corrected chi connectivity index (χ1v) is 7.55. The molecule has 22 heavy (non-hydrogen) atoms. The van der Waals surface area contributed by atoms with E-state index in [1.807, 2.05) is 30.3 Å². The molecule has 1 heterocycles.